The molecule has 0 aliphatic carbocycles. The molecule has 3 rings (SSSR count). The third kappa shape index (κ3) is 1.47. The van der Waals surface area contributed by atoms with Crippen molar-refractivity contribution in [1.29, 1.82) is 0 Å². The molecule has 0 atom stereocenters. The fourth-order valence-corrected chi connectivity index (χ4v) is 1.84. The van der Waals surface area contributed by atoms with E-state index in [1.165, 1.54) is 16.9 Å². The van der Waals surface area contributed by atoms with E-state index in [2.05, 4.69) is 14.6 Å². The standard InChI is InChI=1S/C11H9F2N3O2/c1-16-10(14)7(5-15-16)6-3-2-4-8-9(6)18-11(12,13)17-8/h2-5H,14H2,1H3. The van der Waals surface area contributed by atoms with E-state index in [9.17, 15) is 8.78 Å². The number of anilines is 1. The average Bonchev–Trinajstić information content (AvgIpc) is 2.78. The molecule has 2 N–H and O–H groups in total. The summed E-state index contributed by atoms with van der Waals surface area (Å²) >= 11 is 0. The number of ether oxygens (including phenoxy) is 2. The Labute approximate surface area is 101 Å². The maximum atomic E-state index is 13.0. The van der Waals surface area contributed by atoms with Gasteiger partial charge in [-0.15, -0.1) is 8.78 Å². The number of aryl methyl sites for hydroxylation is 1. The van der Waals surface area contributed by atoms with E-state index in [-0.39, 0.29) is 11.5 Å². The van der Waals surface area contributed by atoms with Gasteiger partial charge in [0.1, 0.15) is 5.82 Å². The van der Waals surface area contributed by atoms with Crippen LogP contribution in [0.15, 0.2) is 24.4 Å². The van der Waals surface area contributed by atoms with Crippen LogP contribution in [0.2, 0.25) is 0 Å². The molecule has 18 heavy (non-hydrogen) atoms. The van der Waals surface area contributed by atoms with Gasteiger partial charge >= 0.3 is 6.29 Å². The highest BCUT2D eigenvalue weighted by Gasteiger charge is 2.44. The summed E-state index contributed by atoms with van der Waals surface area (Å²) in [5.74, 6) is 0.324. The van der Waals surface area contributed by atoms with Crippen LogP contribution in [0, 0.1) is 0 Å². The number of benzene rings is 1. The molecule has 2 aromatic rings. The van der Waals surface area contributed by atoms with Crippen molar-refractivity contribution in [1.82, 2.24) is 9.78 Å². The van der Waals surface area contributed by atoms with Crippen molar-refractivity contribution in [2.45, 2.75) is 6.29 Å². The predicted octanol–water partition coefficient (Wildman–Crippen LogP) is 1.99. The average molecular weight is 253 g/mol. The lowest BCUT2D eigenvalue weighted by molar-refractivity contribution is -0.286. The summed E-state index contributed by atoms with van der Waals surface area (Å²) in [5.41, 5.74) is 6.76. The van der Waals surface area contributed by atoms with Gasteiger partial charge in [0.05, 0.1) is 6.20 Å². The molecule has 0 saturated carbocycles. The van der Waals surface area contributed by atoms with Crippen LogP contribution in [-0.4, -0.2) is 16.1 Å². The number of rotatable bonds is 1. The zero-order valence-corrected chi connectivity index (χ0v) is 9.35. The Balaban J connectivity index is 2.17. The molecule has 1 aromatic heterocycles. The summed E-state index contributed by atoms with van der Waals surface area (Å²) in [6.45, 7) is 0. The van der Waals surface area contributed by atoms with E-state index < -0.39 is 6.29 Å². The molecule has 7 heteroatoms. The topological polar surface area (TPSA) is 62.3 Å². The van der Waals surface area contributed by atoms with Crippen molar-refractivity contribution < 1.29 is 18.3 Å². The molecule has 0 saturated heterocycles. The maximum absolute atomic E-state index is 13.0. The first-order valence-electron chi connectivity index (χ1n) is 5.14. The van der Waals surface area contributed by atoms with Gasteiger partial charge in [0.25, 0.3) is 0 Å². The van der Waals surface area contributed by atoms with Crippen LogP contribution in [0.3, 0.4) is 0 Å². The second-order valence-electron chi connectivity index (χ2n) is 3.87. The van der Waals surface area contributed by atoms with Gasteiger partial charge < -0.3 is 15.2 Å². The van der Waals surface area contributed by atoms with Gasteiger partial charge in [0.2, 0.25) is 0 Å². The van der Waals surface area contributed by atoms with Gasteiger partial charge in [0, 0.05) is 18.2 Å². The number of aromatic nitrogens is 2. The second kappa shape index (κ2) is 3.34. The molecule has 5 nitrogen and oxygen atoms in total. The van der Waals surface area contributed by atoms with Crippen molar-refractivity contribution in [3.63, 3.8) is 0 Å². The molecule has 0 fully saturated rings. The molecule has 94 valence electrons. The Morgan fingerprint density at radius 3 is 2.72 bits per heavy atom. The van der Waals surface area contributed by atoms with Crippen LogP contribution in [-0.2, 0) is 7.05 Å². The van der Waals surface area contributed by atoms with Crippen LogP contribution in [0.25, 0.3) is 11.1 Å². The minimum Gasteiger partial charge on any atom is -0.395 e. The molecule has 0 spiro atoms. The first-order valence-corrected chi connectivity index (χ1v) is 5.14. The number of hydrogen-bond acceptors (Lipinski definition) is 4. The summed E-state index contributed by atoms with van der Waals surface area (Å²) < 4.78 is 36.4. The third-order valence-corrected chi connectivity index (χ3v) is 2.70. The molecule has 0 radical (unpaired) electrons. The van der Waals surface area contributed by atoms with Crippen LogP contribution >= 0.6 is 0 Å². The van der Waals surface area contributed by atoms with Gasteiger partial charge in [-0.1, -0.05) is 12.1 Å². The van der Waals surface area contributed by atoms with E-state index in [1.807, 2.05) is 0 Å². The van der Waals surface area contributed by atoms with Crippen molar-refractivity contribution in [3.05, 3.63) is 24.4 Å². The van der Waals surface area contributed by atoms with E-state index in [0.717, 1.165) is 0 Å². The minimum absolute atomic E-state index is 0.0132. The first kappa shape index (κ1) is 10.8. The number of nitrogens with zero attached hydrogens (tertiary/aromatic N) is 2. The lowest BCUT2D eigenvalue weighted by Crippen LogP contribution is -2.26. The number of hydrogen-bond donors (Lipinski definition) is 1. The summed E-state index contributed by atoms with van der Waals surface area (Å²) in [7, 11) is 1.66. The van der Waals surface area contributed by atoms with Crippen LogP contribution in [0.1, 0.15) is 0 Å². The van der Waals surface area contributed by atoms with E-state index >= 15 is 0 Å². The quantitative estimate of drug-likeness (QED) is 0.844. The van der Waals surface area contributed by atoms with E-state index in [0.29, 0.717) is 16.9 Å². The predicted molar refractivity (Wildman–Crippen MR) is 59.3 cm³/mol. The number of nitrogen functional groups attached to an aromatic ring is 1. The number of halogens is 2. The van der Waals surface area contributed by atoms with Gasteiger partial charge in [-0.25, -0.2) is 0 Å². The van der Waals surface area contributed by atoms with Crippen LogP contribution in [0.4, 0.5) is 14.6 Å². The highest BCUT2D eigenvalue weighted by atomic mass is 19.3. The Morgan fingerprint density at radius 1 is 1.28 bits per heavy atom. The fourth-order valence-electron chi connectivity index (χ4n) is 1.84. The smallest absolute Gasteiger partial charge is 0.395 e. The van der Waals surface area contributed by atoms with Gasteiger partial charge in [-0.05, 0) is 6.07 Å². The lowest BCUT2D eigenvalue weighted by Gasteiger charge is -2.06. The molecular formula is C11H9F2N3O2. The van der Waals surface area contributed by atoms with Crippen molar-refractivity contribution in [3.8, 4) is 22.6 Å². The Kier molecular flexibility index (Phi) is 2.01. The Hall–Kier alpha value is -2.31. The molecule has 0 bridgehead atoms. The highest BCUT2D eigenvalue weighted by molar-refractivity contribution is 5.80. The molecule has 2 heterocycles. The number of para-hydroxylation sites is 1. The largest absolute Gasteiger partial charge is 0.586 e. The van der Waals surface area contributed by atoms with Gasteiger partial charge in [0.15, 0.2) is 11.5 Å². The normalized spacial score (nSPS) is 15.9. The molecule has 0 unspecified atom stereocenters. The molecule has 1 aromatic carbocycles. The highest BCUT2D eigenvalue weighted by Crippen LogP contribution is 2.47. The van der Waals surface area contributed by atoms with Crippen molar-refractivity contribution in [2.24, 2.45) is 7.05 Å². The maximum Gasteiger partial charge on any atom is 0.586 e. The van der Waals surface area contributed by atoms with Crippen molar-refractivity contribution >= 4 is 5.82 Å². The van der Waals surface area contributed by atoms with Gasteiger partial charge in [-0.2, -0.15) is 5.10 Å². The third-order valence-electron chi connectivity index (χ3n) is 2.70. The van der Waals surface area contributed by atoms with E-state index in [1.54, 1.807) is 19.2 Å². The molecule has 1 aliphatic heterocycles. The number of fused-ring (bicyclic) bond motifs is 1. The van der Waals surface area contributed by atoms with Gasteiger partial charge in [-0.3, -0.25) is 4.68 Å². The van der Waals surface area contributed by atoms with Crippen LogP contribution < -0.4 is 15.2 Å². The number of nitrogens with two attached hydrogens (primary N) is 1. The SMILES string of the molecule is Cn1ncc(-c2cccc3c2OC(F)(F)O3)c1N. The Morgan fingerprint density at radius 2 is 2.06 bits per heavy atom. The monoisotopic (exact) mass is 253 g/mol. The number of alkyl halides is 2. The molecule has 0 amide bonds. The second-order valence-corrected chi connectivity index (χ2v) is 3.87. The lowest BCUT2D eigenvalue weighted by atomic mass is 10.1. The Bertz CT molecular complexity index is 625. The van der Waals surface area contributed by atoms with E-state index in [4.69, 9.17) is 5.73 Å². The molecular weight excluding hydrogens is 244 g/mol. The summed E-state index contributed by atoms with van der Waals surface area (Å²) in [6, 6.07) is 4.62. The zero-order chi connectivity index (χ0) is 12.9. The van der Waals surface area contributed by atoms with Crippen LogP contribution in [0.5, 0.6) is 11.5 Å². The first-order chi connectivity index (χ1) is 8.48. The summed E-state index contributed by atoms with van der Waals surface area (Å²) in [6.07, 6.45) is -2.15. The fraction of sp³-hybridized carbons (Fsp3) is 0.182. The minimum atomic E-state index is -3.64. The zero-order valence-electron chi connectivity index (χ0n) is 9.35. The molecule has 1 aliphatic rings. The van der Waals surface area contributed by atoms with Crippen molar-refractivity contribution in [2.75, 3.05) is 5.73 Å². The summed E-state index contributed by atoms with van der Waals surface area (Å²) in [4.78, 5) is 0. The summed E-state index contributed by atoms with van der Waals surface area (Å²) in [5, 5.41) is 3.96.